The lowest BCUT2D eigenvalue weighted by Gasteiger charge is -2.38. The van der Waals surface area contributed by atoms with Gasteiger partial charge in [-0.1, -0.05) is 37.3 Å². The predicted octanol–water partition coefficient (Wildman–Crippen LogP) is 7.68. The Morgan fingerprint density at radius 3 is 2.13 bits per heavy atom. The van der Waals surface area contributed by atoms with E-state index in [0.717, 1.165) is 99.8 Å². The van der Waals surface area contributed by atoms with Crippen molar-refractivity contribution in [2.75, 3.05) is 23.7 Å². The Kier molecular flexibility index (Phi) is 13.1. The predicted molar refractivity (Wildman–Crippen MR) is 272 cm³/mol. The SMILES string of the molecule is Cc1cc(-c2ccnc(Nc3cnn(C)c3)n2)ccc1CNC(=O)c1cc2c(s1)CCNC2CCc1cc(-c2ccnc(Nc3cnn(C)c3)n2)ccc1CNC(=O)C1=CC2(C)CNC(C)CC2S1. The maximum atomic E-state index is 13.8. The van der Waals surface area contributed by atoms with Gasteiger partial charge in [-0.15, -0.1) is 23.1 Å². The van der Waals surface area contributed by atoms with Crippen LogP contribution in [0.15, 0.2) is 103 Å². The van der Waals surface area contributed by atoms with Crippen molar-refractivity contribution in [1.29, 1.82) is 0 Å². The number of benzene rings is 2. The van der Waals surface area contributed by atoms with Crippen LogP contribution in [-0.4, -0.2) is 75.7 Å². The van der Waals surface area contributed by atoms with E-state index in [4.69, 9.17) is 9.97 Å². The number of aromatic nitrogens is 8. The van der Waals surface area contributed by atoms with E-state index in [-0.39, 0.29) is 23.3 Å². The molecule has 5 aromatic heterocycles. The topological polar surface area (TPSA) is 194 Å². The molecule has 0 saturated carbocycles. The largest absolute Gasteiger partial charge is 0.348 e. The van der Waals surface area contributed by atoms with Crippen LogP contribution in [0.1, 0.15) is 75.1 Å². The van der Waals surface area contributed by atoms with Gasteiger partial charge in [-0.25, -0.2) is 19.9 Å². The zero-order valence-corrected chi connectivity index (χ0v) is 41.0. The molecule has 3 aliphatic rings. The van der Waals surface area contributed by atoms with Crippen LogP contribution in [0.2, 0.25) is 0 Å². The molecular formula is C51H56N14O2S2. The molecule has 2 aromatic carbocycles. The smallest absolute Gasteiger partial charge is 0.261 e. The number of amides is 2. The highest BCUT2D eigenvalue weighted by molar-refractivity contribution is 8.04. The number of thiophene rings is 1. The summed E-state index contributed by atoms with van der Waals surface area (Å²) in [6.45, 7) is 9.03. The molecule has 18 heteroatoms. The van der Waals surface area contributed by atoms with Crippen molar-refractivity contribution in [3.63, 3.8) is 0 Å². The number of anilines is 4. The molecular weight excluding hydrogens is 905 g/mol. The quantitative estimate of drug-likeness (QED) is 0.0587. The Hall–Kier alpha value is -6.73. The monoisotopic (exact) mass is 960 g/mol. The number of carbonyl (C=O) groups is 2. The highest BCUT2D eigenvalue weighted by atomic mass is 32.2. The van der Waals surface area contributed by atoms with Gasteiger partial charge in [0.1, 0.15) is 0 Å². The highest BCUT2D eigenvalue weighted by Crippen LogP contribution is 2.48. The molecule has 10 rings (SSSR count). The fraction of sp³-hybridized carbons (Fsp3) is 0.333. The number of thioether (sulfide) groups is 1. The van der Waals surface area contributed by atoms with Crippen LogP contribution in [0.3, 0.4) is 0 Å². The van der Waals surface area contributed by atoms with Crippen molar-refractivity contribution in [2.45, 2.75) is 76.9 Å². The molecule has 7 aromatic rings. The zero-order valence-electron chi connectivity index (χ0n) is 39.3. The maximum absolute atomic E-state index is 13.8. The van der Waals surface area contributed by atoms with Crippen LogP contribution in [0.25, 0.3) is 22.5 Å². The van der Waals surface area contributed by atoms with Gasteiger partial charge < -0.3 is 31.9 Å². The molecule has 0 spiro atoms. The first-order valence-corrected chi connectivity index (χ1v) is 25.1. The first-order chi connectivity index (χ1) is 33.4. The molecule has 354 valence electrons. The summed E-state index contributed by atoms with van der Waals surface area (Å²) in [4.78, 5) is 48.7. The van der Waals surface area contributed by atoms with Crippen molar-refractivity contribution in [1.82, 2.24) is 60.8 Å². The summed E-state index contributed by atoms with van der Waals surface area (Å²) >= 11 is 3.30. The second-order valence-corrected chi connectivity index (χ2v) is 20.9. The minimum atomic E-state index is -0.0823. The lowest BCUT2D eigenvalue weighted by atomic mass is 9.80. The van der Waals surface area contributed by atoms with Crippen LogP contribution in [0.4, 0.5) is 23.3 Å². The Morgan fingerprint density at radius 1 is 0.812 bits per heavy atom. The van der Waals surface area contributed by atoms with Gasteiger partial charge in [0, 0.05) is 104 Å². The number of nitrogens with one attached hydrogen (secondary N) is 6. The average molecular weight is 961 g/mol. The number of carbonyl (C=O) groups excluding carboxylic acids is 2. The molecule has 8 heterocycles. The van der Waals surface area contributed by atoms with E-state index in [0.29, 0.717) is 41.2 Å². The molecule has 0 aliphatic carbocycles. The van der Waals surface area contributed by atoms with Gasteiger partial charge in [-0.3, -0.25) is 19.0 Å². The van der Waals surface area contributed by atoms with Crippen LogP contribution < -0.4 is 31.9 Å². The molecule has 69 heavy (non-hydrogen) atoms. The average Bonchev–Trinajstić information content (AvgIpc) is 4.16. The molecule has 16 nitrogen and oxygen atoms in total. The summed E-state index contributed by atoms with van der Waals surface area (Å²) in [6, 6.07) is 18.9. The van der Waals surface area contributed by atoms with Gasteiger partial charge in [0.25, 0.3) is 11.8 Å². The summed E-state index contributed by atoms with van der Waals surface area (Å²) in [6.07, 6.45) is 16.3. The minimum Gasteiger partial charge on any atom is -0.348 e. The number of fused-ring (bicyclic) bond motifs is 2. The Morgan fingerprint density at radius 2 is 1.46 bits per heavy atom. The Bertz CT molecular complexity index is 3070. The number of aryl methyl sites for hydroxylation is 4. The third-order valence-electron chi connectivity index (χ3n) is 13.2. The Labute approximate surface area is 409 Å². The molecule has 0 radical (unpaired) electrons. The third kappa shape index (κ3) is 10.5. The van der Waals surface area contributed by atoms with Crippen molar-refractivity contribution in [3.05, 3.63) is 140 Å². The minimum absolute atomic E-state index is 0.0263. The second kappa shape index (κ2) is 19.7. The van der Waals surface area contributed by atoms with Crippen molar-refractivity contribution in [3.8, 4) is 22.5 Å². The number of hydrogen-bond donors (Lipinski definition) is 6. The number of nitrogens with zero attached hydrogens (tertiary/aromatic N) is 8. The fourth-order valence-corrected chi connectivity index (χ4v) is 12.1. The molecule has 1 saturated heterocycles. The van der Waals surface area contributed by atoms with E-state index in [1.807, 2.05) is 50.8 Å². The lowest BCUT2D eigenvalue weighted by Crippen LogP contribution is -2.48. The van der Waals surface area contributed by atoms with Crippen molar-refractivity contribution < 1.29 is 9.59 Å². The number of rotatable bonds is 15. The van der Waals surface area contributed by atoms with E-state index in [1.165, 1.54) is 10.4 Å². The van der Waals surface area contributed by atoms with E-state index in [1.54, 1.807) is 57.2 Å². The van der Waals surface area contributed by atoms with Gasteiger partial charge in [-0.05, 0) is 97.7 Å². The fourth-order valence-electron chi connectivity index (χ4n) is 9.34. The molecule has 4 unspecified atom stereocenters. The lowest BCUT2D eigenvalue weighted by molar-refractivity contribution is -0.117. The summed E-state index contributed by atoms with van der Waals surface area (Å²) < 4.78 is 3.44. The van der Waals surface area contributed by atoms with E-state index >= 15 is 0 Å². The summed E-state index contributed by atoms with van der Waals surface area (Å²) in [5.41, 5.74) is 10.5. The number of hydrogen-bond acceptors (Lipinski definition) is 14. The standard InChI is InChI=1S/C51H56N14O2S2/c1-30-18-33(40-12-15-53-49(62-40)60-37-25-58-64(4)27-37)6-8-35(30)23-55-47(66)44-21-39-42(52-17-14-43(39)68-44)11-10-32-20-34(41-13-16-54-50(63-41)61-38-26-59-65(5)28-38)7-9-36(32)24-56-48(67)45-22-51(3)29-57-31(2)19-46(51)69-45/h6-9,12-13,15-16,18,20-22,25-28,31,42,46,52,57H,10-11,14,17,19,23-24,29H2,1-5H3,(H,55,66)(H,56,67)(H,53,60,62)(H,54,61,63). The van der Waals surface area contributed by atoms with Crippen molar-refractivity contribution in [2.24, 2.45) is 19.5 Å². The molecule has 4 atom stereocenters. The van der Waals surface area contributed by atoms with Crippen LogP contribution in [0.5, 0.6) is 0 Å². The summed E-state index contributed by atoms with van der Waals surface area (Å²) in [5.74, 6) is 0.861. The van der Waals surface area contributed by atoms with Crippen molar-refractivity contribution >= 4 is 58.2 Å². The normalized spacial score (nSPS) is 19.6. The third-order valence-corrected chi connectivity index (χ3v) is 16.0. The maximum Gasteiger partial charge on any atom is 0.261 e. The molecule has 0 bridgehead atoms. The second-order valence-electron chi connectivity index (χ2n) is 18.5. The van der Waals surface area contributed by atoms with Crippen LogP contribution in [0, 0.1) is 12.3 Å². The molecule has 2 amide bonds. The van der Waals surface area contributed by atoms with Gasteiger partial charge in [-0.2, -0.15) is 10.2 Å². The number of piperidine rings is 1. The first-order valence-electron chi connectivity index (χ1n) is 23.4. The van der Waals surface area contributed by atoms with Crippen LogP contribution >= 0.6 is 23.1 Å². The summed E-state index contributed by atoms with van der Waals surface area (Å²) in [7, 11) is 3.73. The van der Waals surface area contributed by atoms with Gasteiger partial charge in [0.05, 0.1) is 44.9 Å². The zero-order chi connectivity index (χ0) is 47.6. The van der Waals surface area contributed by atoms with Gasteiger partial charge in [0.2, 0.25) is 11.9 Å². The van der Waals surface area contributed by atoms with E-state index in [9.17, 15) is 9.59 Å². The highest BCUT2D eigenvalue weighted by Gasteiger charge is 2.44. The van der Waals surface area contributed by atoms with Gasteiger partial charge in [0.15, 0.2) is 0 Å². The summed E-state index contributed by atoms with van der Waals surface area (Å²) in [5, 5.41) is 29.1. The van der Waals surface area contributed by atoms with Crippen LogP contribution in [-0.2, 0) is 44.8 Å². The molecule has 3 aliphatic heterocycles. The Balaban J connectivity index is 0.821. The molecule has 1 fully saturated rings. The van der Waals surface area contributed by atoms with E-state index in [2.05, 4.69) is 109 Å². The van der Waals surface area contributed by atoms with E-state index < -0.39 is 0 Å². The first kappa shape index (κ1) is 46.0. The van der Waals surface area contributed by atoms with Gasteiger partial charge >= 0.3 is 0 Å². The molecule has 6 N–H and O–H groups in total.